The van der Waals surface area contributed by atoms with Crippen molar-refractivity contribution in [2.75, 3.05) is 20.4 Å². The second-order valence-corrected chi connectivity index (χ2v) is 8.25. The monoisotopic (exact) mass is 379 g/mol. The summed E-state index contributed by atoms with van der Waals surface area (Å²) in [6.45, 7) is 1.80. The molecule has 140 valence electrons. The van der Waals surface area contributed by atoms with Crippen molar-refractivity contribution in [2.45, 2.75) is 19.2 Å². The molecule has 26 heavy (non-hydrogen) atoms. The maximum atomic E-state index is 12.6. The molecule has 1 aromatic heterocycles. The van der Waals surface area contributed by atoms with Gasteiger partial charge in [0.1, 0.15) is 17.1 Å². The number of amides is 1. The molecule has 1 aromatic carbocycles. The fraction of sp³-hybridized carbons (Fsp3) is 0.333. The average molecular weight is 379 g/mol. The van der Waals surface area contributed by atoms with E-state index in [9.17, 15) is 18.0 Å². The molecule has 0 aliphatic heterocycles. The van der Waals surface area contributed by atoms with Crippen molar-refractivity contribution >= 4 is 21.7 Å². The second-order valence-electron chi connectivity index (χ2n) is 6.11. The van der Waals surface area contributed by atoms with Crippen molar-refractivity contribution in [3.8, 4) is 0 Å². The van der Waals surface area contributed by atoms with Gasteiger partial charge in [0.2, 0.25) is 0 Å². The number of ether oxygens (including phenoxy) is 1. The van der Waals surface area contributed by atoms with Gasteiger partial charge in [0.25, 0.3) is 5.91 Å². The Morgan fingerprint density at radius 2 is 1.92 bits per heavy atom. The van der Waals surface area contributed by atoms with Crippen LogP contribution in [0.1, 0.15) is 37.8 Å². The third-order valence-corrected chi connectivity index (χ3v) is 4.57. The lowest BCUT2D eigenvalue weighted by molar-refractivity contribution is 0.0598. The van der Waals surface area contributed by atoms with Gasteiger partial charge in [-0.25, -0.2) is 13.2 Å². The normalized spacial score (nSPS) is 11.2. The van der Waals surface area contributed by atoms with Crippen molar-refractivity contribution < 1.29 is 27.2 Å². The summed E-state index contributed by atoms with van der Waals surface area (Å²) in [5, 5.41) is 0. The Morgan fingerprint density at radius 1 is 1.23 bits per heavy atom. The highest BCUT2D eigenvalue weighted by atomic mass is 32.2. The topological polar surface area (TPSA) is 93.9 Å². The molecule has 0 radical (unpaired) electrons. The first kappa shape index (κ1) is 19.7. The summed E-state index contributed by atoms with van der Waals surface area (Å²) < 4.78 is 33.0. The highest BCUT2D eigenvalue weighted by Crippen LogP contribution is 2.18. The van der Waals surface area contributed by atoms with Crippen LogP contribution in [0.25, 0.3) is 0 Å². The van der Waals surface area contributed by atoms with E-state index in [-0.39, 0.29) is 18.2 Å². The van der Waals surface area contributed by atoms with Crippen LogP contribution in [0.15, 0.2) is 34.7 Å². The maximum absolute atomic E-state index is 12.6. The van der Waals surface area contributed by atoms with Crippen molar-refractivity contribution in [1.82, 2.24) is 4.90 Å². The Balaban J connectivity index is 2.15. The van der Waals surface area contributed by atoms with E-state index in [0.717, 1.165) is 6.26 Å². The van der Waals surface area contributed by atoms with Gasteiger partial charge in [-0.1, -0.05) is 12.1 Å². The zero-order valence-electron chi connectivity index (χ0n) is 15.1. The molecule has 0 unspecified atom stereocenters. The lowest BCUT2D eigenvalue weighted by Crippen LogP contribution is -2.26. The van der Waals surface area contributed by atoms with E-state index < -0.39 is 15.8 Å². The lowest BCUT2D eigenvalue weighted by Gasteiger charge is -2.16. The van der Waals surface area contributed by atoms with Gasteiger partial charge < -0.3 is 14.1 Å². The largest absolute Gasteiger partial charge is 0.465 e. The quantitative estimate of drug-likeness (QED) is 0.714. The van der Waals surface area contributed by atoms with Crippen molar-refractivity contribution in [2.24, 2.45) is 0 Å². The minimum absolute atomic E-state index is 0.127. The summed E-state index contributed by atoms with van der Waals surface area (Å²) in [6, 6.07) is 8.04. The van der Waals surface area contributed by atoms with Crippen LogP contribution in [-0.4, -0.2) is 45.6 Å². The predicted molar refractivity (Wildman–Crippen MR) is 95.6 cm³/mol. The fourth-order valence-corrected chi connectivity index (χ4v) is 3.34. The smallest absolute Gasteiger partial charge is 0.341 e. The van der Waals surface area contributed by atoms with Crippen LogP contribution >= 0.6 is 0 Å². The summed E-state index contributed by atoms with van der Waals surface area (Å²) >= 11 is 0. The molecule has 0 aliphatic carbocycles. The van der Waals surface area contributed by atoms with Crippen LogP contribution in [0, 0.1) is 6.92 Å². The van der Waals surface area contributed by atoms with Crippen LogP contribution < -0.4 is 0 Å². The first-order valence-corrected chi connectivity index (χ1v) is 9.86. The molecule has 0 aliphatic rings. The van der Waals surface area contributed by atoms with Gasteiger partial charge in [0, 0.05) is 18.9 Å². The minimum Gasteiger partial charge on any atom is -0.465 e. The molecule has 0 atom stereocenters. The third-order valence-electron chi connectivity index (χ3n) is 3.72. The van der Waals surface area contributed by atoms with Crippen molar-refractivity contribution in [1.29, 1.82) is 0 Å². The van der Waals surface area contributed by atoms with E-state index in [0.29, 0.717) is 28.2 Å². The molecule has 0 N–H and O–H groups in total. The molecule has 0 bridgehead atoms. The number of rotatable bonds is 6. The molecule has 0 fully saturated rings. The zero-order valence-corrected chi connectivity index (χ0v) is 15.9. The molecule has 1 heterocycles. The number of furan rings is 1. The molecule has 8 heteroatoms. The molecule has 2 rings (SSSR count). The van der Waals surface area contributed by atoms with E-state index in [2.05, 4.69) is 4.74 Å². The van der Waals surface area contributed by atoms with Gasteiger partial charge in [-0.3, -0.25) is 4.79 Å². The molecular weight excluding hydrogens is 358 g/mol. The fourth-order valence-electron chi connectivity index (χ4n) is 2.56. The summed E-state index contributed by atoms with van der Waals surface area (Å²) in [6.07, 6.45) is 1.14. The second kappa shape index (κ2) is 7.74. The molecule has 7 nitrogen and oxygen atoms in total. The summed E-state index contributed by atoms with van der Waals surface area (Å²) in [5.41, 5.74) is 1.25. The van der Waals surface area contributed by atoms with Crippen LogP contribution in [0.5, 0.6) is 0 Å². The van der Waals surface area contributed by atoms with Crippen molar-refractivity contribution in [3.63, 3.8) is 0 Å². The molecular formula is C18H21NO6S. The van der Waals surface area contributed by atoms with Crippen LogP contribution in [0.3, 0.4) is 0 Å². The van der Waals surface area contributed by atoms with Crippen molar-refractivity contribution in [3.05, 3.63) is 58.5 Å². The van der Waals surface area contributed by atoms with Gasteiger partial charge in [-0.2, -0.15) is 0 Å². The highest BCUT2D eigenvalue weighted by Gasteiger charge is 2.19. The molecule has 0 saturated heterocycles. The Morgan fingerprint density at radius 3 is 2.54 bits per heavy atom. The lowest BCUT2D eigenvalue weighted by atomic mass is 10.1. The standard InChI is InChI=1S/C18H21NO6S/c1-12-16(18(21)24-3)9-15(25-12)10-19(2)17(20)14-7-5-6-13(8-14)11-26(4,22)23/h5-9H,10-11H2,1-4H3. The highest BCUT2D eigenvalue weighted by molar-refractivity contribution is 7.89. The van der Waals surface area contributed by atoms with Crippen LogP contribution in [0.2, 0.25) is 0 Å². The zero-order chi connectivity index (χ0) is 19.5. The van der Waals surface area contributed by atoms with Crippen LogP contribution in [-0.2, 0) is 26.9 Å². The Kier molecular flexibility index (Phi) is 5.86. The predicted octanol–water partition coefficient (Wildman–Crippen LogP) is 2.19. The number of carbonyl (C=O) groups is 2. The summed E-state index contributed by atoms with van der Waals surface area (Å²) in [7, 11) is -0.301. The average Bonchev–Trinajstić information content (AvgIpc) is 2.92. The van der Waals surface area contributed by atoms with E-state index >= 15 is 0 Å². The number of methoxy groups -OCH3 is 1. The maximum Gasteiger partial charge on any atom is 0.341 e. The first-order valence-electron chi connectivity index (χ1n) is 7.80. The number of hydrogen-bond acceptors (Lipinski definition) is 6. The third kappa shape index (κ3) is 4.95. The number of aryl methyl sites for hydroxylation is 1. The Bertz CT molecular complexity index is 929. The molecule has 1 amide bonds. The number of esters is 1. The van der Waals surface area contributed by atoms with Gasteiger partial charge in [0.15, 0.2) is 9.84 Å². The first-order chi connectivity index (χ1) is 12.1. The molecule has 0 saturated carbocycles. The summed E-state index contributed by atoms with van der Waals surface area (Å²) in [4.78, 5) is 25.6. The van der Waals surface area contributed by atoms with Gasteiger partial charge in [-0.15, -0.1) is 0 Å². The van der Waals surface area contributed by atoms with E-state index in [4.69, 9.17) is 4.42 Å². The Hall–Kier alpha value is -2.61. The number of nitrogens with zero attached hydrogens (tertiary/aromatic N) is 1. The van der Waals surface area contributed by atoms with Gasteiger partial charge >= 0.3 is 5.97 Å². The number of hydrogen-bond donors (Lipinski definition) is 0. The van der Waals surface area contributed by atoms with Crippen LogP contribution in [0.4, 0.5) is 0 Å². The summed E-state index contributed by atoms with van der Waals surface area (Å²) in [5.74, 6) is -0.0413. The SMILES string of the molecule is COC(=O)c1cc(CN(C)C(=O)c2cccc(CS(C)(=O)=O)c2)oc1C. The minimum atomic E-state index is -3.18. The number of sulfone groups is 1. The number of benzene rings is 1. The molecule has 0 spiro atoms. The van der Waals surface area contributed by atoms with E-state index in [1.54, 1.807) is 44.3 Å². The molecule has 2 aromatic rings. The van der Waals surface area contributed by atoms with Gasteiger partial charge in [-0.05, 0) is 30.7 Å². The number of carbonyl (C=O) groups excluding carboxylic acids is 2. The Labute approximate surface area is 152 Å². The van der Waals surface area contributed by atoms with E-state index in [1.807, 2.05) is 0 Å². The van der Waals surface area contributed by atoms with Gasteiger partial charge in [0.05, 0.1) is 19.4 Å². The van der Waals surface area contributed by atoms with E-state index in [1.165, 1.54) is 12.0 Å².